The fourth-order valence-electron chi connectivity index (χ4n) is 5.41. The maximum atomic E-state index is 11.6. The summed E-state index contributed by atoms with van der Waals surface area (Å²) in [6.07, 6.45) is 8.88. The first-order chi connectivity index (χ1) is 12.2. The van der Waals surface area contributed by atoms with Crippen molar-refractivity contribution in [3.63, 3.8) is 0 Å². The summed E-state index contributed by atoms with van der Waals surface area (Å²) in [5.74, 6) is 3.67. The summed E-state index contributed by atoms with van der Waals surface area (Å²) < 4.78 is 5.85. The van der Waals surface area contributed by atoms with Crippen LogP contribution in [0.5, 0.6) is 5.75 Å². The predicted molar refractivity (Wildman–Crippen MR) is 100 cm³/mol. The van der Waals surface area contributed by atoms with Gasteiger partial charge >= 0.3 is 0 Å². The van der Waals surface area contributed by atoms with E-state index in [9.17, 15) is 4.79 Å². The lowest BCUT2D eigenvalue weighted by atomic mass is 9.86. The minimum Gasteiger partial charge on any atom is -0.486 e. The van der Waals surface area contributed by atoms with Crippen LogP contribution in [-0.4, -0.2) is 36.4 Å². The molecule has 0 amide bonds. The lowest BCUT2D eigenvalue weighted by molar-refractivity contribution is -0.120. The van der Waals surface area contributed by atoms with Crippen LogP contribution in [0.4, 0.5) is 0 Å². The summed E-state index contributed by atoms with van der Waals surface area (Å²) in [6, 6.07) is 9.21. The zero-order chi connectivity index (χ0) is 17.2. The van der Waals surface area contributed by atoms with Crippen molar-refractivity contribution < 1.29 is 9.53 Å². The third-order valence-electron chi connectivity index (χ3n) is 6.84. The highest BCUT2D eigenvalue weighted by Gasteiger charge is 2.42. The van der Waals surface area contributed by atoms with Crippen LogP contribution < -0.4 is 4.74 Å². The lowest BCUT2D eigenvalue weighted by Crippen LogP contribution is -2.43. The normalized spacial score (nSPS) is 29.9. The third kappa shape index (κ3) is 3.62. The number of piperidine rings is 1. The topological polar surface area (TPSA) is 29.5 Å². The largest absolute Gasteiger partial charge is 0.486 e. The molecule has 3 atom stereocenters. The van der Waals surface area contributed by atoms with Crippen molar-refractivity contribution in [3.05, 3.63) is 29.8 Å². The van der Waals surface area contributed by atoms with Crippen molar-refractivity contribution in [2.24, 2.45) is 11.8 Å². The van der Waals surface area contributed by atoms with Crippen molar-refractivity contribution in [1.82, 2.24) is 4.90 Å². The lowest BCUT2D eigenvalue weighted by Gasteiger charge is -2.40. The van der Waals surface area contributed by atoms with Gasteiger partial charge in [0, 0.05) is 12.5 Å². The van der Waals surface area contributed by atoms with E-state index < -0.39 is 0 Å². The van der Waals surface area contributed by atoms with Gasteiger partial charge in [-0.1, -0.05) is 31.5 Å². The number of hydrogen-bond donors (Lipinski definition) is 0. The van der Waals surface area contributed by atoms with Crippen molar-refractivity contribution in [3.8, 4) is 5.75 Å². The fourth-order valence-corrected chi connectivity index (χ4v) is 5.41. The molecule has 3 nitrogen and oxygen atoms in total. The van der Waals surface area contributed by atoms with E-state index in [1.807, 2.05) is 19.1 Å². The van der Waals surface area contributed by atoms with Crippen molar-refractivity contribution in [2.75, 3.05) is 19.7 Å². The van der Waals surface area contributed by atoms with Gasteiger partial charge in [-0.3, -0.25) is 4.79 Å². The first-order valence-corrected chi connectivity index (χ1v) is 10.2. The van der Waals surface area contributed by atoms with E-state index in [4.69, 9.17) is 4.74 Å². The maximum absolute atomic E-state index is 11.6. The summed E-state index contributed by atoms with van der Waals surface area (Å²) in [5, 5.41) is 0. The molecule has 2 unspecified atom stereocenters. The van der Waals surface area contributed by atoms with E-state index in [1.165, 1.54) is 57.2 Å². The Balaban J connectivity index is 1.37. The molecule has 1 aromatic rings. The SMILES string of the molecule is CCC(=O)COc1ccccc1C1CCN([C@H]2CC3CCC2C3)CC1. The molecule has 0 N–H and O–H groups in total. The summed E-state index contributed by atoms with van der Waals surface area (Å²) in [4.78, 5) is 14.4. The molecule has 3 aliphatic rings. The Morgan fingerprint density at radius 3 is 2.60 bits per heavy atom. The number of carbonyl (C=O) groups excluding carboxylic acids is 1. The molecule has 25 heavy (non-hydrogen) atoms. The Labute approximate surface area is 151 Å². The summed E-state index contributed by atoms with van der Waals surface area (Å²) in [7, 11) is 0. The van der Waals surface area contributed by atoms with Gasteiger partial charge < -0.3 is 9.64 Å². The molecule has 2 bridgehead atoms. The van der Waals surface area contributed by atoms with Crippen LogP contribution >= 0.6 is 0 Å². The molecule has 3 heteroatoms. The molecule has 1 aromatic carbocycles. The second-order valence-corrected chi connectivity index (χ2v) is 8.27. The first kappa shape index (κ1) is 17.1. The number of nitrogens with zero attached hydrogens (tertiary/aromatic N) is 1. The Kier molecular flexibility index (Phi) is 5.12. The number of para-hydroxylation sites is 1. The molecule has 2 saturated carbocycles. The van der Waals surface area contributed by atoms with E-state index in [0.29, 0.717) is 12.3 Å². The summed E-state index contributed by atoms with van der Waals surface area (Å²) >= 11 is 0. The highest BCUT2D eigenvalue weighted by Crippen LogP contribution is 2.47. The Morgan fingerprint density at radius 1 is 1.12 bits per heavy atom. The van der Waals surface area contributed by atoms with Crippen LogP contribution in [0.3, 0.4) is 0 Å². The average Bonchev–Trinajstić information content (AvgIpc) is 3.30. The van der Waals surface area contributed by atoms with Crippen LogP contribution in [0.15, 0.2) is 24.3 Å². The number of carbonyl (C=O) groups is 1. The van der Waals surface area contributed by atoms with Gasteiger partial charge in [0.1, 0.15) is 12.4 Å². The van der Waals surface area contributed by atoms with Gasteiger partial charge in [-0.25, -0.2) is 0 Å². The van der Waals surface area contributed by atoms with Crippen LogP contribution in [0.1, 0.15) is 63.4 Å². The van der Waals surface area contributed by atoms with E-state index in [1.54, 1.807) is 0 Å². The predicted octanol–water partition coefficient (Wildman–Crippen LogP) is 4.41. The molecule has 1 aliphatic heterocycles. The van der Waals surface area contributed by atoms with E-state index in [0.717, 1.165) is 23.6 Å². The monoisotopic (exact) mass is 341 g/mol. The number of benzene rings is 1. The Hall–Kier alpha value is -1.35. The van der Waals surface area contributed by atoms with Crippen LogP contribution in [-0.2, 0) is 4.79 Å². The number of hydrogen-bond acceptors (Lipinski definition) is 3. The van der Waals surface area contributed by atoms with E-state index in [2.05, 4.69) is 17.0 Å². The van der Waals surface area contributed by atoms with Crippen molar-refractivity contribution >= 4 is 5.78 Å². The summed E-state index contributed by atoms with van der Waals surface area (Å²) in [5.41, 5.74) is 1.30. The number of likely N-dealkylation sites (tertiary alicyclic amines) is 1. The number of fused-ring (bicyclic) bond motifs is 2. The number of rotatable bonds is 6. The second-order valence-electron chi connectivity index (χ2n) is 8.27. The standard InChI is InChI=1S/C22H31NO2/c1-2-19(24)15-25-22-6-4-3-5-20(22)17-9-11-23(12-10-17)21-14-16-7-8-18(21)13-16/h3-6,16-18,21H,2,7-15H2,1H3/t16?,18?,21-/m0/s1. The Morgan fingerprint density at radius 2 is 1.92 bits per heavy atom. The number of ether oxygens (including phenoxy) is 1. The minimum absolute atomic E-state index is 0.168. The Bertz CT molecular complexity index is 606. The third-order valence-corrected chi connectivity index (χ3v) is 6.84. The molecule has 2 aliphatic carbocycles. The van der Waals surface area contributed by atoms with Gasteiger partial charge in [0.2, 0.25) is 0 Å². The molecule has 4 rings (SSSR count). The molecular weight excluding hydrogens is 310 g/mol. The highest BCUT2D eigenvalue weighted by molar-refractivity contribution is 5.79. The summed E-state index contributed by atoms with van der Waals surface area (Å²) in [6.45, 7) is 4.54. The minimum atomic E-state index is 0.168. The van der Waals surface area contributed by atoms with Gasteiger partial charge in [-0.2, -0.15) is 0 Å². The molecule has 1 heterocycles. The van der Waals surface area contributed by atoms with Gasteiger partial charge in [0.25, 0.3) is 0 Å². The van der Waals surface area contributed by atoms with Crippen LogP contribution in [0.2, 0.25) is 0 Å². The zero-order valence-corrected chi connectivity index (χ0v) is 15.5. The second kappa shape index (κ2) is 7.49. The number of Topliss-reactive ketones (excluding diaryl/α,β-unsaturated/α-hetero) is 1. The molecule has 136 valence electrons. The molecule has 0 radical (unpaired) electrons. The molecule has 0 spiro atoms. The molecule has 1 saturated heterocycles. The van der Waals surface area contributed by atoms with E-state index >= 15 is 0 Å². The first-order valence-electron chi connectivity index (χ1n) is 10.2. The van der Waals surface area contributed by atoms with Crippen LogP contribution in [0, 0.1) is 11.8 Å². The number of ketones is 1. The average molecular weight is 341 g/mol. The quantitative estimate of drug-likeness (QED) is 0.767. The molecule has 3 fully saturated rings. The molecular formula is C22H31NO2. The fraction of sp³-hybridized carbons (Fsp3) is 0.682. The van der Waals surface area contributed by atoms with E-state index in [-0.39, 0.29) is 12.4 Å². The zero-order valence-electron chi connectivity index (χ0n) is 15.5. The van der Waals surface area contributed by atoms with Crippen molar-refractivity contribution in [1.29, 1.82) is 0 Å². The van der Waals surface area contributed by atoms with Gasteiger partial charge in [-0.05, 0) is 74.6 Å². The molecule has 0 aromatic heterocycles. The van der Waals surface area contributed by atoms with Crippen molar-refractivity contribution in [2.45, 2.75) is 63.8 Å². The smallest absolute Gasteiger partial charge is 0.169 e. The highest BCUT2D eigenvalue weighted by atomic mass is 16.5. The maximum Gasteiger partial charge on any atom is 0.169 e. The van der Waals surface area contributed by atoms with Gasteiger partial charge in [-0.15, -0.1) is 0 Å². The van der Waals surface area contributed by atoms with Crippen LogP contribution in [0.25, 0.3) is 0 Å². The van der Waals surface area contributed by atoms with Gasteiger partial charge in [0.05, 0.1) is 0 Å². The van der Waals surface area contributed by atoms with Gasteiger partial charge in [0.15, 0.2) is 5.78 Å².